The maximum atomic E-state index is 15.1. The van der Waals surface area contributed by atoms with Crippen molar-refractivity contribution in [1.29, 1.82) is 0 Å². The fraction of sp³-hybridized carbons (Fsp3) is 0.385. The second kappa shape index (κ2) is 10.8. The van der Waals surface area contributed by atoms with Gasteiger partial charge in [-0.3, -0.25) is 14.3 Å². The first kappa shape index (κ1) is 27.1. The van der Waals surface area contributed by atoms with Crippen LogP contribution in [0.2, 0.25) is 0 Å². The zero-order valence-corrected chi connectivity index (χ0v) is 20.8. The van der Waals surface area contributed by atoms with Crippen LogP contribution in [0.4, 0.5) is 23.2 Å². The minimum Gasteiger partial charge on any atom is -0.618 e. The molecule has 1 fully saturated rings. The molecule has 3 aromatic rings. The van der Waals surface area contributed by atoms with E-state index in [1.807, 2.05) is 0 Å². The number of pyridine rings is 1. The molecule has 2 amide bonds. The number of carbonyl (C=O) groups is 2. The van der Waals surface area contributed by atoms with Gasteiger partial charge in [0.25, 0.3) is 5.91 Å². The van der Waals surface area contributed by atoms with Gasteiger partial charge in [0.15, 0.2) is 11.9 Å². The summed E-state index contributed by atoms with van der Waals surface area (Å²) in [7, 11) is 1.59. The predicted molar refractivity (Wildman–Crippen MR) is 130 cm³/mol. The minimum absolute atomic E-state index is 0.163. The molecule has 1 aromatic carbocycles. The summed E-state index contributed by atoms with van der Waals surface area (Å²) in [4.78, 5) is 26.1. The molecule has 12 heteroatoms. The summed E-state index contributed by atoms with van der Waals surface area (Å²) in [6, 6.07) is 4.39. The topological polar surface area (TPSA) is 103 Å². The molecule has 0 aliphatic heterocycles. The number of hydrogen-bond acceptors (Lipinski definition) is 4. The van der Waals surface area contributed by atoms with Crippen LogP contribution >= 0.6 is 0 Å². The number of nitrogens with zero attached hydrogens (tertiary/aromatic N) is 3. The van der Waals surface area contributed by atoms with Gasteiger partial charge in [-0.1, -0.05) is 25.3 Å². The number of aromatic nitrogens is 3. The first-order valence-electron chi connectivity index (χ1n) is 12.2. The molecule has 0 spiro atoms. The molecule has 38 heavy (non-hydrogen) atoms. The highest BCUT2D eigenvalue weighted by Crippen LogP contribution is 2.38. The molecule has 1 aliphatic rings. The first-order chi connectivity index (χ1) is 18.0. The van der Waals surface area contributed by atoms with Crippen LogP contribution < -0.4 is 15.4 Å². The van der Waals surface area contributed by atoms with E-state index in [0.717, 1.165) is 37.6 Å². The lowest BCUT2D eigenvalue weighted by atomic mass is 9.83. The summed E-state index contributed by atoms with van der Waals surface area (Å²) in [5, 5.41) is 21.2. The molecule has 2 aromatic heterocycles. The number of hydrogen-bond donors (Lipinski definition) is 2. The predicted octanol–water partition coefficient (Wildman–Crippen LogP) is 4.50. The number of nitrogens with one attached hydrogen (secondary N) is 2. The van der Waals surface area contributed by atoms with Crippen LogP contribution in [0.15, 0.2) is 42.7 Å². The average molecular weight is 534 g/mol. The molecular weight excluding hydrogens is 506 g/mol. The third-order valence-electron chi connectivity index (χ3n) is 6.90. The van der Waals surface area contributed by atoms with Crippen molar-refractivity contribution in [3.8, 4) is 11.1 Å². The molecule has 0 unspecified atom stereocenters. The fourth-order valence-corrected chi connectivity index (χ4v) is 4.90. The molecule has 0 radical (unpaired) electrons. The summed E-state index contributed by atoms with van der Waals surface area (Å²) in [6.07, 6.45) is 1.62. The molecular formula is C26H27F4N5O3. The monoisotopic (exact) mass is 533 g/mol. The minimum atomic E-state index is -4.77. The number of halogens is 4. The highest BCUT2D eigenvalue weighted by Gasteiger charge is 2.37. The molecule has 4 rings (SSSR count). The van der Waals surface area contributed by atoms with Gasteiger partial charge in [-0.05, 0) is 42.5 Å². The van der Waals surface area contributed by atoms with Gasteiger partial charge in [-0.2, -0.15) is 23.0 Å². The van der Waals surface area contributed by atoms with Crippen molar-refractivity contribution in [3.05, 3.63) is 70.7 Å². The summed E-state index contributed by atoms with van der Waals surface area (Å²) in [5.74, 6) is -2.29. The number of anilines is 1. The molecule has 202 valence electrons. The van der Waals surface area contributed by atoms with E-state index >= 15 is 4.39 Å². The van der Waals surface area contributed by atoms with Crippen molar-refractivity contribution in [1.82, 2.24) is 15.1 Å². The summed E-state index contributed by atoms with van der Waals surface area (Å²) in [5.41, 5.74) is -1.94. The van der Waals surface area contributed by atoms with Gasteiger partial charge in [0.2, 0.25) is 5.91 Å². The Bertz CT molecular complexity index is 1350. The van der Waals surface area contributed by atoms with Crippen LogP contribution in [0, 0.1) is 23.9 Å². The van der Waals surface area contributed by atoms with Crippen molar-refractivity contribution in [3.63, 3.8) is 0 Å². The number of alkyl halides is 3. The van der Waals surface area contributed by atoms with Crippen LogP contribution in [-0.2, 0) is 18.0 Å². The number of carbonyl (C=O) groups excluding carboxylic acids is 2. The Labute approximate surface area is 216 Å². The van der Waals surface area contributed by atoms with Gasteiger partial charge < -0.3 is 15.8 Å². The highest BCUT2D eigenvalue weighted by molar-refractivity contribution is 6.00. The third kappa shape index (κ3) is 5.63. The van der Waals surface area contributed by atoms with Crippen molar-refractivity contribution in [2.45, 2.75) is 51.2 Å². The molecule has 1 atom stereocenters. The molecule has 0 saturated heterocycles. The number of benzene rings is 1. The molecule has 8 nitrogen and oxygen atoms in total. The maximum absolute atomic E-state index is 15.1. The summed E-state index contributed by atoms with van der Waals surface area (Å²) < 4.78 is 57.5. The maximum Gasteiger partial charge on any atom is 0.417 e. The molecule has 2 N–H and O–H groups in total. The second-order valence-electron chi connectivity index (χ2n) is 9.39. The van der Waals surface area contributed by atoms with Crippen LogP contribution in [0.3, 0.4) is 0 Å². The zero-order chi connectivity index (χ0) is 27.6. The van der Waals surface area contributed by atoms with E-state index in [9.17, 15) is 28.0 Å². The van der Waals surface area contributed by atoms with E-state index in [2.05, 4.69) is 15.7 Å². The second-order valence-corrected chi connectivity index (χ2v) is 9.39. The van der Waals surface area contributed by atoms with Crippen LogP contribution in [0.25, 0.3) is 11.1 Å². The number of aryl methyl sites for hydroxylation is 1. The standard InChI is InChI=1S/C26H27F4N5O3/c1-15-22(18(26(28,29)30)11-13-35(15)38)17-8-9-20(19(27)14-17)32-25(37)23(16-6-4-3-5-7-16)33-24(36)21-10-12-31-34(21)2/h8-14,16,23H,3-7H2,1-2H3,(H,32,37)(H,33,36)/t23-/m0/s1. The SMILES string of the molecule is Cc1c(-c2ccc(NC(=O)[C@@H](NC(=O)c3ccnn3C)C3CCCCC3)c(F)c2)c(C(F)(F)F)cc[n+]1[O-]. The first-order valence-corrected chi connectivity index (χ1v) is 12.2. The highest BCUT2D eigenvalue weighted by atomic mass is 19.4. The molecule has 2 heterocycles. The molecule has 1 saturated carbocycles. The Morgan fingerprint density at radius 3 is 2.47 bits per heavy atom. The van der Waals surface area contributed by atoms with Crippen molar-refractivity contribution >= 4 is 17.5 Å². The smallest absolute Gasteiger partial charge is 0.417 e. The fourth-order valence-electron chi connectivity index (χ4n) is 4.90. The van der Waals surface area contributed by atoms with E-state index in [1.54, 1.807) is 7.05 Å². The Kier molecular flexibility index (Phi) is 7.70. The average Bonchev–Trinajstić information content (AvgIpc) is 3.31. The van der Waals surface area contributed by atoms with Gasteiger partial charge in [0.1, 0.15) is 17.6 Å². The Morgan fingerprint density at radius 1 is 1.16 bits per heavy atom. The Morgan fingerprint density at radius 2 is 1.87 bits per heavy atom. The van der Waals surface area contributed by atoms with Crippen LogP contribution in [0.5, 0.6) is 0 Å². The Balaban J connectivity index is 1.61. The van der Waals surface area contributed by atoms with Crippen LogP contribution in [0.1, 0.15) is 53.8 Å². The van der Waals surface area contributed by atoms with E-state index in [1.165, 1.54) is 29.9 Å². The van der Waals surface area contributed by atoms with Gasteiger partial charge in [0, 0.05) is 26.2 Å². The lowest BCUT2D eigenvalue weighted by Crippen LogP contribution is -2.49. The molecule has 1 aliphatic carbocycles. The lowest BCUT2D eigenvalue weighted by Gasteiger charge is -2.30. The zero-order valence-electron chi connectivity index (χ0n) is 20.8. The van der Waals surface area contributed by atoms with Gasteiger partial charge in [0.05, 0.1) is 16.8 Å². The summed E-state index contributed by atoms with van der Waals surface area (Å²) in [6.45, 7) is 1.21. The Hall–Kier alpha value is -3.96. The van der Waals surface area contributed by atoms with E-state index in [0.29, 0.717) is 18.9 Å². The van der Waals surface area contributed by atoms with Gasteiger partial charge in [-0.15, -0.1) is 0 Å². The lowest BCUT2D eigenvalue weighted by molar-refractivity contribution is -0.611. The van der Waals surface area contributed by atoms with E-state index < -0.39 is 41.0 Å². The number of amides is 2. The van der Waals surface area contributed by atoms with Crippen molar-refractivity contribution < 1.29 is 31.9 Å². The van der Waals surface area contributed by atoms with Gasteiger partial charge in [-0.25, -0.2) is 4.39 Å². The largest absolute Gasteiger partial charge is 0.618 e. The van der Waals surface area contributed by atoms with E-state index in [-0.39, 0.29) is 33.3 Å². The van der Waals surface area contributed by atoms with Gasteiger partial charge >= 0.3 is 6.18 Å². The number of rotatable bonds is 6. The normalized spacial score (nSPS) is 15.2. The quantitative estimate of drug-likeness (QED) is 0.277. The molecule has 0 bridgehead atoms. The van der Waals surface area contributed by atoms with Crippen molar-refractivity contribution in [2.75, 3.05) is 5.32 Å². The third-order valence-corrected chi connectivity index (χ3v) is 6.90. The summed E-state index contributed by atoms with van der Waals surface area (Å²) >= 11 is 0. The van der Waals surface area contributed by atoms with Crippen molar-refractivity contribution in [2.24, 2.45) is 13.0 Å². The van der Waals surface area contributed by atoms with E-state index in [4.69, 9.17) is 0 Å². The van der Waals surface area contributed by atoms with Crippen LogP contribution in [-0.4, -0.2) is 27.6 Å².